The summed E-state index contributed by atoms with van der Waals surface area (Å²) in [4.78, 5) is 31.7. The van der Waals surface area contributed by atoms with Crippen molar-refractivity contribution >= 4 is 22.6 Å². The SMILES string of the molecule is O=C1NCCN(Cc2cccc3ccccc23)C1CC(=O)N1CCN(CCO)CC1. The van der Waals surface area contributed by atoms with Gasteiger partial charge in [0.2, 0.25) is 11.8 Å². The average molecular weight is 411 g/mol. The van der Waals surface area contributed by atoms with Crippen LogP contribution in [-0.2, 0) is 16.1 Å². The molecule has 7 heteroatoms. The quantitative estimate of drug-likeness (QED) is 0.732. The van der Waals surface area contributed by atoms with Gasteiger partial charge in [0.25, 0.3) is 0 Å². The molecule has 1 atom stereocenters. The van der Waals surface area contributed by atoms with Gasteiger partial charge in [-0.2, -0.15) is 0 Å². The highest BCUT2D eigenvalue weighted by Gasteiger charge is 2.33. The van der Waals surface area contributed by atoms with Crippen molar-refractivity contribution < 1.29 is 14.7 Å². The Labute approximate surface area is 177 Å². The molecule has 30 heavy (non-hydrogen) atoms. The molecular formula is C23H30N4O3. The Hall–Kier alpha value is -2.48. The van der Waals surface area contributed by atoms with Crippen molar-refractivity contribution in [2.24, 2.45) is 0 Å². The van der Waals surface area contributed by atoms with Gasteiger partial charge >= 0.3 is 0 Å². The molecular weight excluding hydrogens is 380 g/mol. The molecule has 2 heterocycles. The highest BCUT2D eigenvalue weighted by atomic mass is 16.3. The fourth-order valence-electron chi connectivity index (χ4n) is 4.48. The van der Waals surface area contributed by atoms with Crippen LogP contribution >= 0.6 is 0 Å². The predicted molar refractivity (Wildman–Crippen MR) is 116 cm³/mol. The van der Waals surface area contributed by atoms with Gasteiger partial charge in [-0.05, 0) is 16.3 Å². The number of carbonyl (C=O) groups excluding carboxylic acids is 2. The number of fused-ring (bicyclic) bond motifs is 1. The van der Waals surface area contributed by atoms with Gasteiger partial charge in [-0.15, -0.1) is 0 Å². The summed E-state index contributed by atoms with van der Waals surface area (Å²) >= 11 is 0. The number of aliphatic hydroxyl groups excluding tert-OH is 1. The number of nitrogens with one attached hydrogen (secondary N) is 1. The molecule has 2 fully saturated rings. The van der Waals surface area contributed by atoms with Gasteiger partial charge in [0, 0.05) is 52.4 Å². The largest absolute Gasteiger partial charge is 0.395 e. The summed E-state index contributed by atoms with van der Waals surface area (Å²) in [7, 11) is 0. The van der Waals surface area contributed by atoms with E-state index in [0.717, 1.165) is 19.6 Å². The maximum Gasteiger partial charge on any atom is 0.237 e. The van der Waals surface area contributed by atoms with Crippen molar-refractivity contribution in [2.75, 3.05) is 52.4 Å². The molecule has 0 aliphatic carbocycles. The predicted octanol–water partition coefficient (Wildman–Crippen LogP) is 0.667. The monoisotopic (exact) mass is 410 g/mol. The van der Waals surface area contributed by atoms with Gasteiger partial charge in [-0.1, -0.05) is 42.5 Å². The molecule has 0 aromatic heterocycles. The highest BCUT2D eigenvalue weighted by molar-refractivity contribution is 5.89. The van der Waals surface area contributed by atoms with Crippen molar-refractivity contribution in [2.45, 2.75) is 19.0 Å². The topological polar surface area (TPSA) is 76.1 Å². The number of rotatable bonds is 6. The van der Waals surface area contributed by atoms with Gasteiger partial charge in [0.1, 0.15) is 0 Å². The molecule has 2 amide bonds. The fraction of sp³-hybridized carbons (Fsp3) is 0.478. The molecule has 2 aromatic rings. The second kappa shape index (κ2) is 9.55. The minimum absolute atomic E-state index is 0.0311. The summed E-state index contributed by atoms with van der Waals surface area (Å²) in [5.74, 6) is -0.0302. The molecule has 2 saturated heterocycles. The average Bonchev–Trinajstić information content (AvgIpc) is 2.77. The van der Waals surface area contributed by atoms with Crippen LogP contribution in [0.25, 0.3) is 10.8 Å². The lowest BCUT2D eigenvalue weighted by atomic mass is 10.0. The number of piperazine rings is 2. The smallest absolute Gasteiger partial charge is 0.237 e. The van der Waals surface area contributed by atoms with Crippen LogP contribution in [0.4, 0.5) is 0 Å². The zero-order valence-electron chi connectivity index (χ0n) is 17.3. The molecule has 2 N–H and O–H groups in total. The lowest BCUT2D eigenvalue weighted by Crippen LogP contribution is -2.57. The number of hydrogen-bond acceptors (Lipinski definition) is 5. The van der Waals surface area contributed by atoms with E-state index in [4.69, 9.17) is 5.11 Å². The Balaban J connectivity index is 1.44. The molecule has 7 nitrogen and oxygen atoms in total. The lowest BCUT2D eigenvalue weighted by molar-refractivity contribution is -0.140. The first-order chi connectivity index (χ1) is 14.7. The summed E-state index contributed by atoms with van der Waals surface area (Å²) in [6.07, 6.45) is 0.205. The molecule has 0 spiro atoms. The Morgan fingerprint density at radius 1 is 1.03 bits per heavy atom. The van der Waals surface area contributed by atoms with E-state index in [-0.39, 0.29) is 24.8 Å². The van der Waals surface area contributed by atoms with Crippen molar-refractivity contribution in [1.82, 2.24) is 20.0 Å². The van der Waals surface area contributed by atoms with Crippen LogP contribution in [0.2, 0.25) is 0 Å². The van der Waals surface area contributed by atoms with Gasteiger partial charge in [-0.25, -0.2) is 0 Å². The molecule has 2 aliphatic rings. The zero-order valence-corrected chi connectivity index (χ0v) is 17.3. The highest BCUT2D eigenvalue weighted by Crippen LogP contribution is 2.22. The first-order valence-corrected chi connectivity index (χ1v) is 10.7. The zero-order chi connectivity index (χ0) is 20.9. The summed E-state index contributed by atoms with van der Waals surface area (Å²) in [5, 5.41) is 14.4. The summed E-state index contributed by atoms with van der Waals surface area (Å²) in [6.45, 7) is 5.60. The van der Waals surface area contributed by atoms with E-state index in [1.165, 1.54) is 16.3 Å². The number of carbonyl (C=O) groups is 2. The van der Waals surface area contributed by atoms with Crippen molar-refractivity contribution in [3.63, 3.8) is 0 Å². The minimum Gasteiger partial charge on any atom is -0.395 e. The van der Waals surface area contributed by atoms with Crippen LogP contribution in [0.15, 0.2) is 42.5 Å². The minimum atomic E-state index is -0.444. The van der Waals surface area contributed by atoms with Crippen molar-refractivity contribution in [3.8, 4) is 0 Å². The van der Waals surface area contributed by atoms with E-state index in [1.54, 1.807) is 0 Å². The Morgan fingerprint density at radius 3 is 2.60 bits per heavy atom. The normalized spacial score (nSPS) is 21.0. The summed E-state index contributed by atoms with van der Waals surface area (Å²) in [5.41, 5.74) is 1.18. The second-order valence-electron chi connectivity index (χ2n) is 8.07. The van der Waals surface area contributed by atoms with Gasteiger partial charge < -0.3 is 15.3 Å². The van der Waals surface area contributed by atoms with E-state index in [9.17, 15) is 9.59 Å². The van der Waals surface area contributed by atoms with Crippen LogP contribution in [0.5, 0.6) is 0 Å². The van der Waals surface area contributed by atoms with Crippen LogP contribution in [0.3, 0.4) is 0 Å². The van der Waals surface area contributed by atoms with Gasteiger partial charge in [0.15, 0.2) is 0 Å². The summed E-state index contributed by atoms with van der Waals surface area (Å²) < 4.78 is 0. The Kier molecular flexibility index (Phi) is 6.62. The standard InChI is InChI=1S/C23H30N4O3/c28-15-14-25-10-12-26(13-11-25)22(29)16-21-23(30)24-8-9-27(21)17-19-6-3-5-18-4-1-2-7-20(18)19/h1-7,21,28H,8-17H2,(H,24,30). The third-order valence-corrected chi connectivity index (χ3v) is 6.20. The van der Waals surface area contributed by atoms with Crippen LogP contribution in [0.1, 0.15) is 12.0 Å². The maximum atomic E-state index is 12.9. The Bertz CT molecular complexity index is 890. The molecule has 160 valence electrons. The fourth-order valence-corrected chi connectivity index (χ4v) is 4.48. The first kappa shape index (κ1) is 20.8. The van der Waals surface area contributed by atoms with E-state index in [1.807, 2.05) is 23.1 Å². The van der Waals surface area contributed by atoms with Crippen LogP contribution in [-0.4, -0.2) is 90.1 Å². The Morgan fingerprint density at radius 2 is 1.80 bits per heavy atom. The summed E-state index contributed by atoms with van der Waals surface area (Å²) in [6, 6.07) is 14.1. The third-order valence-electron chi connectivity index (χ3n) is 6.20. The number of aliphatic hydroxyl groups is 1. The van der Waals surface area contributed by atoms with Crippen molar-refractivity contribution in [3.05, 3.63) is 48.0 Å². The maximum absolute atomic E-state index is 12.9. The van der Waals surface area contributed by atoms with E-state index < -0.39 is 6.04 Å². The van der Waals surface area contributed by atoms with E-state index in [0.29, 0.717) is 32.7 Å². The number of amides is 2. The number of nitrogens with zero attached hydrogens (tertiary/aromatic N) is 3. The second-order valence-corrected chi connectivity index (χ2v) is 8.07. The molecule has 0 saturated carbocycles. The van der Waals surface area contributed by atoms with Crippen LogP contribution in [0, 0.1) is 0 Å². The molecule has 2 aromatic carbocycles. The third kappa shape index (κ3) is 4.64. The number of benzene rings is 2. The molecule has 0 bridgehead atoms. The molecule has 4 rings (SSSR count). The van der Waals surface area contributed by atoms with Crippen molar-refractivity contribution in [1.29, 1.82) is 0 Å². The molecule has 2 aliphatic heterocycles. The number of β-amino-alcohol motifs (C(OH)–C–C–N with tert-alkyl or cyclic N) is 1. The van der Waals surface area contributed by atoms with Gasteiger partial charge in [-0.3, -0.25) is 19.4 Å². The first-order valence-electron chi connectivity index (χ1n) is 10.7. The molecule has 1 unspecified atom stereocenters. The lowest BCUT2D eigenvalue weighted by Gasteiger charge is -2.38. The van der Waals surface area contributed by atoms with E-state index in [2.05, 4.69) is 39.4 Å². The molecule has 0 radical (unpaired) electrons. The van der Waals surface area contributed by atoms with E-state index >= 15 is 0 Å². The van der Waals surface area contributed by atoms with Gasteiger partial charge in [0.05, 0.1) is 19.1 Å². The number of hydrogen-bond donors (Lipinski definition) is 2. The van der Waals surface area contributed by atoms with Crippen LogP contribution < -0.4 is 5.32 Å².